The fourth-order valence-electron chi connectivity index (χ4n) is 1.98. The normalized spacial score (nSPS) is 13.2. The van der Waals surface area contributed by atoms with Gasteiger partial charge in [-0.1, -0.05) is 30.3 Å². The minimum absolute atomic E-state index is 0.187. The van der Waals surface area contributed by atoms with Crippen molar-refractivity contribution in [2.24, 2.45) is 0 Å². The van der Waals surface area contributed by atoms with Crippen molar-refractivity contribution >= 4 is 47.2 Å². The molecule has 23 heavy (non-hydrogen) atoms. The van der Waals surface area contributed by atoms with E-state index < -0.39 is 45.0 Å². The van der Waals surface area contributed by atoms with E-state index in [1.165, 1.54) is 24.3 Å². The maximum atomic E-state index is 11.4. The minimum atomic E-state index is -5.63. The number of hydrogen-bond donors (Lipinski definition) is 3. The third-order valence-electron chi connectivity index (χ3n) is 2.74. The molecular formula is C10H9NO9S3. The molecule has 0 bridgehead atoms. The molecule has 0 fully saturated rings. The van der Waals surface area contributed by atoms with E-state index in [0.717, 1.165) is 12.1 Å². The second kappa shape index (κ2) is 5.40. The van der Waals surface area contributed by atoms with E-state index >= 15 is 0 Å². The molecule has 0 heterocycles. The fraction of sp³-hybridized carbons (Fsp3) is 0. The number of hydrogen-bond acceptors (Lipinski definition) is 6. The van der Waals surface area contributed by atoms with E-state index in [9.17, 15) is 29.8 Å². The van der Waals surface area contributed by atoms with Crippen LogP contribution >= 0.6 is 0 Å². The van der Waals surface area contributed by atoms with E-state index in [1.54, 1.807) is 0 Å². The molecule has 3 N–H and O–H groups in total. The van der Waals surface area contributed by atoms with E-state index in [0.29, 0.717) is 0 Å². The van der Waals surface area contributed by atoms with Gasteiger partial charge in [0, 0.05) is 5.39 Å². The van der Waals surface area contributed by atoms with Gasteiger partial charge in [-0.2, -0.15) is 25.3 Å². The zero-order valence-corrected chi connectivity index (χ0v) is 13.4. The molecule has 2 aromatic carbocycles. The summed E-state index contributed by atoms with van der Waals surface area (Å²) in [5.41, 5.74) is -1.13. The van der Waals surface area contributed by atoms with Gasteiger partial charge < -0.3 is 0 Å². The molecule has 13 heteroatoms. The van der Waals surface area contributed by atoms with Crippen LogP contribution < -0.4 is 3.71 Å². The third kappa shape index (κ3) is 3.44. The quantitative estimate of drug-likeness (QED) is 0.637. The molecule has 2 aromatic rings. The number of benzene rings is 2. The first-order valence-electron chi connectivity index (χ1n) is 5.58. The largest absolute Gasteiger partial charge is 0.375 e. The van der Waals surface area contributed by atoms with Gasteiger partial charge in [-0.25, -0.2) is 0 Å². The minimum Gasteiger partial charge on any atom is -0.282 e. The highest BCUT2D eigenvalue weighted by molar-refractivity contribution is 8.05. The van der Waals surface area contributed by atoms with Crippen molar-refractivity contribution in [1.29, 1.82) is 0 Å². The molecule has 10 nitrogen and oxygen atoms in total. The summed E-state index contributed by atoms with van der Waals surface area (Å²) < 4.78 is 94.8. The van der Waals surface area contributed by atoms with Crippen LogP contribution in [0.5, 0.6) is 0 Å². The molecule has 0 atom stereocenters. The summed E-state index contributed by atoms with van der Waals surface area (Å²) >= 11 is 0. The standard InChI is InChI=1S/C10H9NO9S3/c12-21(13,14)9-6-5-7-3-1-2-4-8(7)10(9)11(22(15,16)17)23(18,19)20/h1-6H,(H,12,13,14)(H,15,16,17)(H,18,19,20). The van der Waals surface area contributed by atoms with Crippen molar-refractivity contribution in [1.82, 2.24) is 0 Å². The fourth-order valence-corrected chi connectivity index (χ4v) is 4.59. The van der Waals surface area contributed by atoms with Crippen molar-refractivity contribution in [2.45, 2.75) is 4.90 Å². The summed E-state index contributed by atoms with van der Waals surface area (Å²) in [5, 5.41) is -0.0786. The molecule has 0 saturated carbocycles. The average Bonchev–Trinajstić information content (AvgIpc) is 2.34. The highest BCUT2D eigenvalue weighted by atomic mass is 32.3. The Labute approximate surface area is 131 Å². The molecule has 0 aliphatic rings. The van der Waals surface area contributed by atoms with E-state index in [4.69, 9.17) is 9.11 Å². The van der Waals surface area contributed by atoms with Gasteiger partial charge in [0.1, 0.15) is 10.6 Å². The molecule has 0 amide bonds. The van der Waals surface area contributed by atoms with Crippen LogP contribution in [0.25, 0.3) is 10.8 Å². The Morgan fingerprint density at radius 1 is 0.739 bits per heavy atom. The summed E-state index contributed by atoms with van der Waals surface area (Å²) in [6.45, 7) is 0. The van der Waals surface area contributed by atoms with Crippen molar-refractivity contribution in [3.63, 3.8) is 0 Å². The van der Waals surface area contributed by atoms with Crippen molar-refractivity contribution in [3.8, 4) is 0 Å². The molecule has 0 aliphatic heterocycles. The lowest BCUT2D eigenvalue weighted by atomic mass is 10.1. The Hall–Kier alpha value is -1.77. The van der Waals surface area contributed by atoms with Crippen molar-refractivity contribution < 1.29 is 38.9 Å². The highest BCUT2D eigenvalue weighted by Crippen LogP contribution is 2.36. The summed E-state index contributed by atoms with van der Waals surface area (Å²) in [5.74, 6) is 0. The molecule has 0 spiro atoms. The molecule has 0 radical (unpaired) electrons. The van der Waals surface area contributed by atoms with Gasteiger partial charge in [0.25, 0.3) is 10.1 Å². The van der Waals surface area contributed by atoms with Crippen LogP contribution in [0.15, 0.2) is 41.3 Å². The Morgan fingerprint density at radius 3 is 1.74 bits per heavy atom. The number of nitrogens with zero attached hydrogens (tertiary/aromatic N) is 1. The zero-order valence-electron chi connectivity index (χ0n) is 10.9. The van der Waals surface area contributed by atoms with Crippen LogP contribution in [-0.4, -0.2) is 38.9 Å². The van der Waals surface area contributed by atoms with Crippen LogP contribution in [0.2, 0.25) is 0 Å². The summed E-state index contributed by atoms with van der Waals surface area (Å²) in [6, 6.07) is 7.25. The van der Waals surface area contributed by atoms with Crippen LogP contribution in [0.1, 0.15) is 0 Å². The first-order valence-corrected chi connectivity index (χ1v) is 9.81. The molecule has 0 aliphatic carbocycles. The predicted octanol–water partition coefficient (Wildman–Crippen LogP) is 0.499. The van der Waals surface area contributed by atoms with Gasteiger partial charge in [0.05, 0.1) is 0 Å². The highest BCUT2D eigenvalue weighted by Gasteiger charge is 2.37. The molecule has 0 unspecified atom stereocenters. The van der Waals surface area contributed by atoms with E-state index in [-0.39, 0.29) is 10.8 Å². The van der Waals surface area contributed by atoms with Crippen molar-refractivity contribution in [2.75, 3.05) is 3.71 Å². The van der Waals surface area contributed by atoms with Gasteiger partial charge in [0.2, 0.25) is 0 Å². The monoisotopic (exact) mass is 383 g/mol. The average molecular weight is 383 g/mol. The first-order chi connectivity index (χ1) is 10.3. The third-order valence-corrected chi connectivity index (χ3v) is 5.96. The Balaban J connectivity index is 3.13. The molecular weight excluding hydrogens is 374 g/mol. The zero-order chi connectivity index (χ0) is 17.6. The van der Waals surface area contributed by atoms with Gasteiger partial charge in [-0.15, -0.1) is 3.71 Å². The second-order valence-corrected chi connectivity index (χ2v) is 8.40. The van der Waals surface area contributed by atoms with Gasteiger partial charge in [-0.3, -0.25) is 13.7 Å². The van der Waals surface area contributed by atoms with Crippen LogP contribution in [0.4, 0.5) is 5.69 Å². The Kier molecular flexibility index (Phi) is 4.13. The number of fused-ring (bicyclic) bond motifs is 1. The topological polar surface area (TPSA) is 166 Å². The van der Waals surface area contributed by atoms with Crippen LogP contribution in [0.3, 0.4) is 0 Å². The van der Waals surface area contributed by atoms with E-state index in [2.05, 4.69) is 0 Å². The maximum absolute atomic E-state index is 11.4. The van der Waals surface area contributed by atoms with Gasteiger partial charge in [-0.05, 0) is 11.5 Å². The summed E-state index contributed by atoms with van der Waals surface area (Å²) in [6.07, 6.45) is 0. The number of anilines is 1. The molecule has 0 saturated heterocycles. The molecule has 2 rings (SSSR count). The Bertz CT molecular complexity index is 1060. The smallest absolute Gasteiger partial charge is 0.282 e. The lowest BCUT2D eigenvalue weighted by Gasteiger charge is -2.20. The van der Waals surface area contributed by atoms with Gasteiger partial charge in [0.15, 0.2) is 0 Å². The predicted molar refractivity (Wildman–Crippen MR) is 79.3 cm³/mol. The van der Waals surface area contributed by atoms with Crippen molar-refractivity contribution in [3.05, 3.63) is 36.4 Å². The van der Waals surface area contributed by atoms with E-state index in [1.807, 2.05) is 0 Å². The SMILES string of the molecule is O=S(=O)(O)c1ccc2ccccc2c1N(S(=O)(=O)O)S(=O)(=O)O. The molecule has 126 valence electrons. The lowest BCUT2D eigenvalue weighted by Crippen LogP contribution is -2.37. The Morgan fingerprint density at radius 2 is 1.26 bits per heavy atom. The number of rotatable bonds is 4. The van der Waals surface area contributed by atoms with Gasteiger partial charge >= 0.3 is 20.6 Å². The second-order valence-electron chi connectivity index (χ2n) is 4.26. The molecule has 0 aromatic heterocycles. The lowest BCUT2D eigenvalue weighted by molar-refractivity contribution is 0.465. The van der Waals surface area contributed by atoms with Crippen LogP contribution in [-0.2, 0) is 30.7 Å². The summed E-state index contributed by atoms with van der Waals surface area (Å²) in [7, 11) is -16.3. The van der Waals surface area contributed by atoms with Crippen LogP contribution in [0, 0.1) is 0 Å². The maximum Gasteiger partial charge on any atom is 0.375 e. The summed E-state index contributed by atoms with van der Waals surface area (Å²) in [4.78, 5) is -1.13. The first kappa shape index (κ1) is 17.6.